The third kappa shape index (κ3) is 2.43. The Balaban J connectivity index is 1.74. The number of nitrogens with two attached hydrogens (primary N) is 1. The smallest absolute Gasteiger partial charge is 0.250 e. The van der Waals surface area contributed by atoms with E-state index >= 15 is 0 Å². The summed E-state index contributed by atoms with van der Waals surface area (Å²) in [6.07, 6.45) is 1.91. The second-order valence-corrected chi connectivity index (χ2v) is 8.58. The molecule has 3 rings (SSSR count). The number of thiophene rings is 1. The molecule has 8 heteroatoms. The lowest BCUT2D eigenvalue weighted by atomic mass is 9.69. The van der Waals surface area contributed by atoms with Gasteiger partial charge in [-0.3, -0.25) is 0 Å². The van der Waals surface area contributed by atoms with E-state index in [2.05, 4.69) is 4.72 Å². The number of fused-ring (bicyclic) bond motifs is 1. The van der Waals surface area contributed by atoms with Gasteiger partial charge in [-0.2, -0.15) is 0 Å². The van der Waals surface area contributed by atoms with Gasteiger partial charge in [-0.25, -0.2) is 13.1 Å². The molecule has 5 nitrogen and oxygen atoms in total. The Hall–Kier alpha value is -0.180. The molecule has 19 heavy (non-hydrogen) atoms. The molecule has 0 radical (unpaired) electrons. The van der Waals surface area contributed by atoms with Crippen molar-refractivity contribution in [3.05, 3.63) is 16.5 Å². The number of ether oxygens (including phenoxy) is 1. The first-order valence-corrected chi connectivity index (χ1v) is 8.82. The van der Waals surface area contributed by atoms with Gasteiger partial charge in [-0.15, -0.1) is 11.3 Å². The first-order chi connectivity index (χ1) is 8.99. The van der Waals surface area contributed by atoms with Crippen molar-refractivity contribution in [3.63, 3.8) is 0 Å². The fourth-order valence-corrected chi connectivity index (χ4v) is 5.55. The maximum absolute atomic E-state index is 12.2. The summed E-state index contributed by atoms with van der Waals surface area (Å²) in [5, 5.41) is 0. The summed E-state index contributed by atoms with van der Waals surface area (Å²) >= 11 is 6.80. The van der Waals surface area contributed by atoms with Gasteiger partial charge in [0.15, 0.2) is 0 Å². The molecule has 3 N–H and O–H groups in total. The zero-order valence-corrected chi connectivity index (χ0v) is 12.5. The van der Waals surface area contributed by atoms with E-state index in [1.54, 1.807) is 6.07 Å². The topological polar surface area (TPSA) is 81.4 Å². The third-order valence-corrected chi connectivity index (χ3v) is 6.96. The lowest BCUT2D eigenvalue weighted by Gasteiger charge is -2.52. The van der Waals surface area contributed by atoms with Crippen LogP contribution < -0.4 is 10.5 Å². The van der Waals surface area contributed by atoms with Crippen LogP contribution in [0.3, 0.4) is 0 Å². The lowest BCUT2D eigenvalue weighted by Crippen LogP contribution is -2.71. The van der Waals surface area contributed by atoms with E-state index in [9.17, 15) is 8.42 Å². The Bertz CT molecular complexity index is 574. The fraction of sp³-hybridized carbons (Fsp3) is 0.636. The minimum absolute atomic E-state index is 0.0889. The maximum atomic E-state index is 12.2. The Labute approximate surface area is 121 Å². The first-order valence-electron chi connectivity index (χ1n) is 6.14. The van der Waals surface area contributed by atoms with Gasteiger partial charge in [0.2, 0.25) is 10.0 Å². The van der Waals surface area contributed by atoms with Crippen molar-refractivity contribution >= 4 is 33.0 Å². The van der Waals surface area contributed by atoms with Crippen molar-refractivity contribution in [1.29, 1.82) is 0 Å². The quantitative estimate of drug-likeness (QED) is 0.875. The van der Waals surface area contributed by atoms with E-state index < -0.39 is 10.0 Å². The predicted molar refractivity (Wildman–Crippen MR) is 73.9 cm³/mol. The second-order valence-electron chi connectivity index (χ2n) is 4.92. The molecule has 4 unspecified atom stereocenters. The van der Waals surface area contributed by atoms with Crippen LogP contribution in [0.15, 0.2) is 16.3 Å². The first kappa shape index (κ1) is 13.8. The predicted octanol–water partition coefficient (Wildman–Crippen LogP) is 1.18. The van der Waals surface area contributed by atoms with Crippen LogP contribution >= 0.6 is 22.9 Å². The highest BCUT2D eigenvalue weighted by Crippen LogP contribution is 2.38. The van der Waals surface area contributed by atoms with Gasteiger partial charge in [0.05, 0.1) is 16.5 Å². The average molecular weight is 323 g/mol. The molecule has 0 bridgehead atoms. The number of sulfonamides is 1. The van der Waals surface area contributed by atoms with Crippen LogP contribution in [-0.2, 0) is 14.8 Å². The van der Waals surface area contributed by atoms with E-state index in [1.165, 1.54) is 6.07 Å². The highest BCUT2D eigenvalue weighted by atomic mass is 35.5. The number of rotatable bonds is 3. The van der Waals surface area contributed by atoms with Crippen molar-refractivity contribution in [2.45, 2.75) is 35.2 Å². The normalized spacial score (nSPS) is 34.6. The zero-order valence-electron chi connectivity index (χ0n) is 10.1. The van der Waals surface area contributed by atoms with Crippen LogP contribution in [0, 0.1) is 5.92 Å². The SMILES string of the molecule is NC1C2CCCOC2C1NS(=O)(=O)c1ccc(Cl)s1. The summed E-state index contributed by atoms with van der Waals surface area (Å²) in [4.78, 5) is 0. The van der Waals surface area contributed by atoms with Gasteiger partial charge < -0.3 is 10.5 Å². The molecule has 1 saturated heterocycles. The van der Waals surface area contributed by atoms with Crippen molar-refractivity contribution in [1.82, 2.24) is 4.72 Å². The van der Waals surface area contributed by atoms with Crippen LogP contribution in [0.5, 0.6) is 0 Å². The Morgan fingerprint density at radius 1 is 1.47 bits per heavy atom. The van der Waals surface area contributed by atoms with Crippen molar-refractivity contribution < 1.29 is 13.2 Å². The largest absolute Gasteiger partial charge is 0.376 e. The molecular formula is C11H15ClN2O3S2. The molecule has 106 valence electrons. The molecule has 0 aromatic carbocycles. The monoisotopic (exact) mass is 322 g/mol. The molecular weight excluding hydrogens is 308 g/mol. The summed E-state index contributed by atoms with van der Waals surface area (Å²) in [6.45, 7) is 0.678. The van der Waals surface area contributed by atoms with Gasteiger partial charge in [0.1, 0.15) is 4.21 Å². The van der Waals surface area contributed by atoms with E-state index in [0.29, 0.717) is 10.9 Å². The minimum atomic E-state index is -3.56. The maximum Gasteiger partial charge on any atom is 0.250 e. The third-order valence-electron chi connectivity index (χ3n) is 3.78. The molecule has 0 spiro atoms. The standard InChI is InChI=1S/C11H15ClN2O3S2/c12-7-3-4-8(18-7)19(15,16)14-10-9(13)6-2-1-5-17-11(6)10/h3-4,6,9-11,14H,1-2,5,13H2. The molecule has 1 aromatic rings. The number of nitrogens with one attached hydrogen (secondary N) is 1. The summed E-state index contributed by atoms with van der Waals surface area (Å²) in [7, 11) is -3.56. The number of hydrogen-bond acceptors (Lipinski definition) is 5. The molecule has 0 amide bonds. The van der Waals surface area contributed by atoms with Crippen molar-refractivity contribution in [2.24, 2.45) is 11.7 Å². The Morgan fingerprint density at radius 3 is 2.95 bits per heavy atom. The molecule has 1 aliphatic carbocycles. The Kier molecular flexibility index (Phi) is 3.61. The summed E-state index contributed by atoms with van der Waals surface area (Å²) in [6, 6.07) is 2.56. The van der Waals surface area contributed by atoms with E-state index in [1.807, 2.05) is 0 Å². The van der Waals surface area contributed by atoms with Crippen molar-refractivity contribution in [2.75, 3.05) is 6.61 Å². The fourth-order valence-electron chi connectivity index (χ4n) is 2.77. The van der Waals surface area contributed by atoms with Gasteiger partial charge in [0, 0.05) is 18.6 Å². The Morgan fingerprint density at radius 2 is 2.26 bits per heavy atom. The van der Waals surface area contributed by atoms with Gasteiger partial charge in [0.25, 0.3) is 0 Å². The molecule has 2 aliphatic rings. The van der Waals surface area contributed by atoms with Crippen LogP contribution in [0.1, 0.15) is 12.8 Å². The molecule has 4 atom stereocenters. The molecule has 1 aliphatic heterocycles. The molecule has 2 fully saturated rings. The molecule has 2 heterocycles. The van der Waals surface area contributed by atoms with E-state index in [0.717, 1.165) is 24.2 Å². The van der Waals surface area contributed by atoms with Crippen LogP contribution in [0.4, 0.5) is 0 Å². The van der Waals surface area contributed by atoms with Gasteiger partial charge in [-0.1, -0.05) is 11.6 Å². The molecule has 1 aromatic heterocycles. The van der Waals surface area contributed by atoms with Crippen LogP contribution in [-0.4, -0.2) is 33.2 Å². The second kappa shape index (κ2) is 4.98. The minimum Gasteiger partial charge on any atom is -0.376 e. The lowest BCUT2D eigenvalue weighted by molar-refractivity contribution is -0.114. The van der Waals surface area contributed by atoms with Crippen molar-refractivity contribution in [3.8, 4) is 0 Å². The van der Waals surface area contributed by atoms with Gasteiger partial charge in [-0.05, 0) is 25.0 Å². The van der Waals surface area contributed by atoms with E-state index in [-0.39, 0.29) is 28.3 Å². The molecule has 1 saturated carbocycles. The van der Waals surface area contributed by atoms with E-state index in [4.69, 9.17) is 22.1 Å². The van der Waals surface area contributed by atoms with Crippen LogP contribution in [0.25, 0.3) is 0 Å². The van der Waals surface area contributed by atoms with Gasteiger partial charge >= 0.3 is 0 Å². The number of hydrogen-bond donors (Lipinski definition) is 2. The summed E-state index contributed by atoms with van der Waals surface area (Å²) < 4.78 is 33.3. The summed E-state index contributed by atoms with van der Waals surface area (Å²) in [5.74, 6) is 0.272. The highest BCUT2D eigenvalue weighted by molar-refractivity contribution is 7.91. The number of halogens is 1. The van der Waals surface area contributed by atoms with Crippen LogP contribution in [0.2, 0.25) is 4.34 Å². The average Bonchev–Trinajstić information content (AvgIpc) is 2.83. The highest BCUT2D eigenvalue weighted by Gasteiger charge is 2.52. The summed E-state index contributed by atoms with van der Waals surface area (Å²) in [5.41, 5.74) is 6.04. The zero-order chi connectivity index (χ0) is 13.6.